The Kier molecular flexibility index (Phi) is 5.92. The highest BCUT2D eigenvalue weighted by Crippen LogP contribution is 2.42. The Morgan fingerprint density at radius 2 is 1.53 bits per heavy atom. The van der Waals surface area contributed by atoms with Gasteiger partial charge in [0.25, 0.3) is 5.91 Å². The van der Waals surface area contributed by atoms with E-state index in [2.05, 4.69) is 0 Å². The zero-order valence-electron chi connectivity index (χ0n) is 20.9. The molecular weight excluding hydrogens is 458 g/mol. The van der Waals surface area contributed by atoms with Crippen LogP contribution in [-0.4, -0.2) is 32.1 Å². The van der Waals surface area contributed by atoms with Gasteiger partial charge in [0.15, 0.2) is 16.9 Å². The number of methoxy groups -OCH3 is 3. The van der Waals surface area contributed by atoms with Crippen LogP contribution in [0.1, 0.15) is 44.4 Å². The van der Waals surface area contributed by atoms with Crippen molar-refractivity contribution in [3.05, 3.63) is 98.4 Å². The van der Waals surface area contributed by atoms with Crippen LogP contribution in [0.4, 0.5) is 0 Å². The van der Waals surface area contributed by atoms with Gasteiger partial charge >= 0.3 is 0 Å². The number of carbonyl (C=O) groups excluding carboxylic acids is 1. The molecule has 1 aliphatic rings. The van der Waals surface area contributed by atoms with E-state index in [0.717, 1.165) is 28.0 Å². The van der Waals surface area contributed by atoms with Gasteiger partial charge in [-0.2, -0.15) is 0 Å². The maximum Gasteiger partial charge on any atom is 0.291 e. The normalized spacial score (nSPS) is 14.8. The molecule has 7 heteroatoms. The molecule has 1 aliphatic heterocycles. The third-order valence-electron chi connectivity index (χ3n) is 6.82. The van der Waals surface area contributed by atoms with Crippen molar-refractivity contribution in [1.29, 1.82) is 0 Å². The first-order valence-corrected chi connectivity index (χ1v) is 11.6. The maximum absolute atomic E-state index is 13.9. The second-order valence-electron chi connectivity index (χ2n) is 8.90. The van der Waals surface area contributed by atoms with Crippen molar-refractivity contribution in [2.45, 2.75) is 26.4 Å². The summed E-state index contributed by atoms with van der Waals surface area (Å²) in [7, 11) is 4.72. The van der Waals surface area contributed by atoms with Crippen molar-refractivity contribution in [1.82, 2.24) is 4.90 Å². The van der Waals surface area contributed by atoms with E-state index in [1.165, 1.54) is 0 Å². The molecule has 1 aromatic heterocycles. The minimum atomic E-state index is -0.656. The quantitative estimate of drug-likeness (QED) is 0.374. The van der Waals surface area contributed by atoms with Gasteiger partial charge in [-0.25, -0.2) is 0 Å². The molecule has 7 nitrogen and oxygen atoms in total. The summed E-state index contributed by atoms with van der Waals surface area (Å²) in [4.78, 5) is 29.3. The number of rotatable bonds is 6. The van der Waals surface area contributed by atoms with Crippen LogP contribution in [0, 0.1) is 13.8 Å². The number of hydrogen-bond donors (Lipinski definition) is 0. The molecule has 0 bridgehead atoms. The van der Waals surface area contributed by atoms with Gasteiger partial charge < -0.3 is 23.5 Å². The Morgan fingerprint density at radius 1 is 0.833 bits per heavy atom. The first kappa shape index (κ1) is 23.5. The van der Waals surface area contributed by atoms with Crippen LogP contribution >= 0.6 is 0 Å². The summed E-state index contributed by atoms with van der Waals surface area (Å²) in [5.74, 6) is 1.53. The lowest BCUT2D eigenvalue weighted by molar-refractivity contribution is 0.0714. The molecule has 2 heterocycles. The molecule has 0 radical (unpaired) electrons. The average Bonchev–Trinajstić information content (AvgIpc) is 3.16. The first-order valence-electron chi connectivity index (χ1n) is 11.6. The summed E-state index contributed by atoms with van der Waals surface area (Å²) >= 11 is 0. The van der Waals surface area contributed by atoms with Gasteiger partial charge in [0.1, 0.15) is 11.3 Å². The number of fused-ring (bicyclic) bond motifs is 2. The zero-order chi connectivity index (χ0) is 25.6. The summed E-state index contributed by atoms with van der Waals surface area (Å²) in [5.41, 5.74) is 4.12. The van der Waals surface area contributed by atoms with E-state index in [0.29, 0.717) is 28.0 Å². The number of aryl methyl sites for hydroxylation is 2. The van der Waals surface area contributed by atoms with E-state index in [4.69, 9.17) is 18.6 Å². The van der Waals surface area contributed by atoms with Crippen molar-refractivity contribution < 1.29 is 23.4 Å². The van der Waals surface area contributed by atoms with Gasteiger partial charge in [0.05, 0.1) is 38.3 Å². The van der Waals surface area contributed by atoms with Gasteiger partial charge in [0, 0.05) is 6.54 Å². The van der Waals surface area contributed by atoms with E-state index in [1.807, 2.05) is 56.3 Å². The van der Waals surface area contributed by atoms with Crippen LogP contribution in [0.5, 0.6) is 17.2 Å². The number of benzene rings is 3. The fourth-order valence-electron chi connectivity index (χ4n) is 4.74. The fourth-order valence-corrected chi connectivity index (χ4v) is 4.74. The lowest BCUT2D eigenvalue weighted by Crippen LogP contribution is -2.29. The van der Waals surface area contributed by atoms with Crippen LogP contribution < -0.4 is 19.6 Å². The second kappa shape index (κ2) is 9.07. The summed E-state index contributed by atoms with van der Waals surface area (Å²) < 4.78 is 22.3. The monoisotopic (exact) mass is 485 g/mol. The standard InChI is InChI=1S/C29H27NO6/c1-16-12-21-23(13-17(16)2)36-28-25(27(21)31)26(19-8-11-22(34-4)24(14-19)35-5)30(29(28)32)15-18-6-9-20(33-3)10-7-18/h6-14,26H,15H2,1-5H3. The molecular formula is C29H27NO6. The fraction of sp³-hybridized carbons (Fsp3) is 0.241. The van der Waals surface area contributed by atoms with E-state index >= 15 is 0 Å². The Morgan fingerprint density at radius 3 is 2.19 bits per heavy atom. The number of ether oxygens (including phenoxy) is 3. The van der Waals surface area contributed by atoms with Crippen molar-refractivity contribution in [3.63, 3.8) is 0 Å². The lowest BCUT2D eigenvalue weighted by atomic mass is 9.97. The van der Waals surface area contributed by atoms with Crippen molar-refractivity contribution in [2.75, 3.05) is 21.3 Å². The average molecular weight is 486 g/mol. The van der Waals surface area contributed by atoms with Crippen LogP contribution in [0.25, 0.3) is 11.0 Å². The molecule has 0 fully saturated rings. The molecule has 4 aromatic rings. The Hall–Kier alpha value is -4.26. The molecule has 0 N–H and O–H groups in total. The van der Waals surface area contributed by atoms with Gasteiger partial charge in [-0.3, -0.25) is 9.59 Å². The first-order chi connectivity index (χ1) is 17.4. The topological polar surface area (TPSA) is 78.2 Å². The van der Waals surface area contributed by atoms with E-state index in [-0.39, 0.29) is 23.6 Å². The Labute approximate surface area is 208 Å². The summed E-state index contributed by atoms with van der Waals surface area (Å²) in [5, 5.41) is 0.460. The third kappa shape index (κ3) is 3.77. The summed E-state index contributed by atoms with van der Waals surface area (Å²) in [6.07, 6.45) is 0. The highest BCUT2D eigenvalue weighted by molar-refractivity contribution is 5.99. The molecule has 36 heavy (non-hydrogen) atoms. The highest BCUT2D eigenvalue weighted by atomic mass is 16.5. The largest absolute Gasteiger partial charge is 0.497 e. The predicted octanol–water partition coefficient (Wildman–Crippen LogP) is 5.18. The molecule has 184 valence electrons. The molecule has 1 amide bonds. The van der Waals surface area contributed by atoms with Gasteiger partial charge in [-0.15, -0.1) is 0 Å². The van der Waals surface area contributed by atoms with Crippen LogP contribution in [0.3, 0.4) is 0 Å². The number of nitrogens with zero attached hydrogens (tertiary/aromatic N) is 1. The predicted molar refractivity (Wildman–Crippen MR) is 136 cm³/mol. The highest BCUT2D eigenvalue weighted by Gasteiger charge is 2.43. The molecule has 0 saturated carbocycles. The van der Waals surface area contributed by atoms with Crippen LogP contribution in [0.2, 0.25) is 0 Å². The van der Waals surface area contributed by atoms with E-state index in [1.54, 1.807) is 38.4 Å². The molecule has 0 spiro atoms. The Balaban J connectivity index is 1.72. The van der Waals surface area contributed by atoms with Gasteiger partial charge in [-0.1, -0.05) is 18.2 Å². The molecule has 5 rings (SSSR count). The minimum absolute atomic E-state index is 0.0732. The second-order valence-corrected chi connectivity index (χ2v) is 8.90. The summed E-state index contributed by atoms with van der Waals surface area (Å²) in [6.45, 7) is 4.18. The van der Waals surface area contributed by atoms with Crippen LogP contribution in [0.15, 0.2) is 63.8 Å². The Bertz CT molecular complexity index is 1540. The van der Waals surface area contributed by atoms with Crippen molar-refractivity contribution >= 4 is 16.9 Å². The van der Waals surface area contributed by atoms with Crippen molar-refractivity contribution in [3.8, 4) is 17.2 Å². The van der Waals surface area contributed by atoms with Gasteiger partial charge in [-0.05, 0) is 72.5 Å². The smallest absolute Gasteiger partial charge is 0.291 e. The van der Waals surface area contributed by atoms with Crippen LogP contribution in [-0.2, 0) is 6.54 Å². The maximum atomic E-state index is 13.9. The minimum Gasteiger partial charge on any atom is -0.497 e. The SMILES string of the molecule is COc1ccc(CN2C(=O)c3oc4cc(C)c(C)cc4c(=O)c3C2c2ccc(OC)c(OC)c2)cc1. The lowest BCUT2D eigenvalue weighted by Gasteiger charge is -2.26. The molecule has 1 atom stereocenters. The molecule has 0 saturated heterocycles. The molecule has 3 aromatic carbocycles. The molecule has 1 unspecified atom stereocenters. The third-order valence-corrected chi connectivity index (χ3v) is 6.82. The molecule has 0 aliphatic carbocycles. The van der Waals surface area contributed by atoms with E-state index < -0.39 is 6.04 Å². The number of carbonyl (C=O) groups is 1. The van der Waals surface area contributed by atoms with E-state index in [9.17, 15) is 9.59 Å². The number of hydrogen-bond acceptors (Lipinski definition) is 6. The number of amides is 1. The summed E-state index contributed by atoms with van der Waals surface area (Å²) in [6, 6.07) is 15.9. The van der Waals surface area contributed by atoms with Gasteiger partial charge in [0.2, 0.25) is 5.76 Å². The zero-order valence-corrected chi connectivity index (χ0v) is 20.9. The van der Waals surface area contributed by atoms with Crippen molar-refractivity contribution in [2.24, 2.45) is 0 Å².